The van der Waals surface area contributed by atoms with Gasteiger partial charge in [-0.25, -0.2) is 9.78 Å². The van der Waals surface area contributed by atoms with E-state index in [0.717, 1.165) is 46.8 Å². The molecule has 2 amide bonds. The van der Waals surface area contributed by atoms with E-state index in [2.05, 4.69) is 32.7 Å². The van der Waals surface area contributed by atoms with Gasteiger partial charge in [0, 0.05) is 24.5 Å². The molecule has 144 valence electrons. The quantitative estimate of drug-likeness (QED) is 0.699. The predicted molar refractivity (Wildman–Crippen MR) is 114 cm³/mol. The molecule has 1 aliphatic rings. The van der Waals surface area contributed by atoms with Crippen LogP contribution in [-0.2, 0) is 13.0 Å². The predicted octanol–water partition coefficient (Wildman–Crippen LogP) is 4.47. The van der Waals surface area contributed by atoms with Gasteiger partial charge in [0.15, 0.2) is 0 Å². The topological polar surface area (TPSA) is 81.1 Å². The molecule has 0 spiro atoms. The van der Waals surface area contributed by atoms with Crippen molar-refractivity contribution in [2.75, 3.05) is 22.1 Å². The summed E-state index contributed by atoms with van der Waals surface area (Å²) in [7, 11) is 0. The summed E-state index contributed by atoms with van der Waals surface area (Å²) >= 11 is 0. The number of carbonyl (C=O) groups is 1. The summed E-state index contributed by atoms with van der Waals surface area (Å²) < 4.78 is 0. The van der Waals surface area contributed by atoms with Crippen molar-refractivity contribution in [3.63, 3.8) is 0 Å². The third kappa shape index (κ3) is 4.04. The molecule has 0 atom stereocenters. The van der Waals surface area contributed by atoms with Crippen molar-refractivity contribution in [1.29, 1.82) is 5.26 Å². The molecular weight excluding hydrogens is 362 g/mol. The Morgan fingerprint density at radius 2 is 1.90 bits per heavy atom. The second-order valence-corrected chi connectivity index (χ2v) is 7.01. The summed E-state index contributed by atoms with van der Waals surface area (Å²) in [5.74, 6) is 0.804. The number of aryl methyl sites for hydroxylation is 1. The number of pyridine rings is 1. The van der Waals surface area contributed by atoms with Crippen molar-refractivity contribution in [2.24, 2.45) is 0 Å². The van der Waals surface area contributed by atoms with E-state index in [9.17, 15) is 10.1 Å². The van der Waals surface area contributed by atoms with Crippen LogP contribution >= 0.6 is 0 Å². The van der Waals surface area contributed by atoms with E-state index >= 15 is 0 Å². The van der Waals surface area contributed by atoms with Crippen LogP contribution in [0.2, 0.25) is 0 Å². The third-order valence-electron chi connectivity index (χ3n) is 5.06. The number of nitrogens with zero attached hydrogens (tertiary/aromatic N) is 3. The Morgan fingerprint density at radius 1 is 1.07 bits per heavy atom. The van der Waals surface area contributed by atoms with E-state index in [0.29, 0.717) is 12.2 Å². The maximum Gasteiger partial charge on any atom is 0.323 e. The molecule has 2 N–H and O–H groups in total. The minimum absolute atomic E-state index is 0.258. The minimum atomic E-state index is -0.258. The maximum absolute atomic E-state index is 12.4. The number of nitrogens with one attached hydrogen (secondary N) is 2. The van der Waals surface area contributed by atoms with Crippen molar-refractivity contribution in [1.82, 2.24) is 4.98 Å². The molecule has 29 heavy (non-hydrogen) atoms. The van der Waals surface area contributed by atoms with Crippen LogP contribution in [-0.4, -0.2) is 17.6 Å². The number of rotatable bonds is 3. The molecule has 0 radical (unpaired) electrons. The minimum Gasteiger partial charge on any atom is -0.352 e. The number of para-hydroxylation sites is 1. The molecule has 0 unspecified atom stereocenters. The normalized spacial score (nSPS) is 12.6. The molecule has 2 aromatic carbocycles. The summed E-state index contributed by atoms with van der Waals surface area (Å²) in [4.78, 5) is 19.0. The Bertz CT molecular complexity index is 1090. The number of anilines is 3. The van der Waals surface area contributed by atoms with Crippen molar-refractivity contribution < 1.29 is 4.79 Å². The highest BCUT2D eigenvalue weighted by atomic mass is 16.2. The highest BCUT2D eigenvalue weighted by Crippen LogP contribution is 2.29. The summed E-state index contributed by atoms with van der Waals surface area (Å²) in [5, 5.41) is 15.1. The fraction of sp³-hybridized carbons (Fsp3) is 0.174. The highest BCUT2D eigenvalue weighted by molar-refractivity contribution is 6.00. The van der Waals surface area contributed by atoms with Crippen LogP contribution in [0, 0.1) is 18.3 Å². The lowest BCUT2D eigenvalue weighted by molar-refractivity contribution is 0.262. The van der Waals surface area contributed by atoms with Gasteiger partial charge in [0.05, 0.1) is 0 Å². The van der Waals surface area contributed by atoms with E-state index in [1.807, 2.05) is 61.5 Å². The van der Waals surface area contributed by atoms with Gasteiger partial charge in [-0.3, -0.25) is 0 Å². The SMILES string of the molecule is Cc1ccc(N2CCc3c(cccc3NC(=O)Nc3ccccc3)C2)nc1C#N. The van der Waals surface area contributed by atoms with E-state index in [4.69, 9.17) is 0 Å². The molecular formula is C23H21N5O. The molecule has 4 rings (SSSR count). The summed E-state index contributed by atoms with van der Waals surface area (Å²) in [6, 6.07) is 21.1. The van der Waals surface area contributed by atoms with Crippen LogP contribution < -0.4 is 15.5 Å². The monoisotopic (exact) mass is 383 g/mol. The molecule has 6 heteroatoms. The van der Waals surface area contributed by atoms with Crippen LogP contribution in [0.1, 0.15) is 22.4 Å². The Morgan fingerprint density at radius 3 is 2.69 bits per heavy atom. The molecule has 0 bridgehead atoms. The highest BCUT2D eigenvalue weighted by Gasteiger charge is 2.21. The van der Waals surface area contributed by atoms with Crippen LogP contribution in [0.25, 0.3) is 0 Å². The average Bonchev–Trinajstić information content (AvgIpc) is 2.74. The first-order chi connectivity index (χ1) is 14.1. The van der Waals surface area contributed by atoms with E-state index in [1.165, 1.54) is 0 Å². The molecule has 0 aliphatic carbocycles. The lowest BCUT2D eigenvalue weighted by Crippen LogP contribution is -2.32. The van der Waals surface area contributed by atoms with Gasteiger partial charge >= 0.3 is 6.03 Å². The Balaban J connectivity index is 1.51. The third-order valence-corrected chi connectivity index (χ3v) is 5.06. The zero-order valence-electron chi connectivity index (χ0n) is 16.1. The molecule has 3 aromatic rings. The van der Waals surface area contributed by atoms with Gasteiger partial charge in [0.25, 0.3) is 0 Å². The number of benzene rings is 2. The number of amides is 2. The molecule has 0 fully saturated rings. The molecule has 1 aliphatic heterocycles. The zero-order valence-corrected chi connectivity index (χ0v) is 16.1. The smallest absolute Gasteiger partial charge is 0.323 e. The Hall–Kier alpha value is -3.85. The van der Waals surface area contributed by atoms with Gasteiger partial charge in [0.2, 0.25) is 0 Å². The number of carbonyl (C=O) groups excluding carboxylic acids is 1. The van der Waals surface area contributed by atoms with E-state index < -0.39 is 0 Å². The number of aromatic nitrogens is 1. The fourth-order valence-electron chi connectivity index (χ4n) is 3.54. The number of hydrogen-bond acceptors (Lipinski definition) is 4. The number of fused-ring (bicyclic) bond motifs is 1. The number of nitriles is 1. The molecule has 1 aromatic heterocycles. The van der Waals surface area contributed by atoms with Crippen LogP contribution in [0.3, 0.4) is 0 Å². The molecule has 6 nitrogen and oxygen atoms in total. The van der Waals surface area contributed by atoms with Crippen molar-refractivity contribution in [3.8, 4) is 6.07 Å². The van der Waals surface area contributed by atoms with Gasteiger partial charge in [-0.1, -0.05) is 36.4 Å². The first-order valence-corrected chi connectivity index (χ1v) is 9.50. The summed E-state index contributed by atoms with van der Waals surface area (Å²) in [6.45, 7) is 3.35. The first-order valence-electron chi connectivity index (χ1n) is 9.50. The molecule has 0 saturated carbocycles. The van der Waals surface area contributed by atoms with E-state index in [1.54, 1.807) is 0 Å². The van der Waals surface area contributed by atoms with Crippen LogP contribution in [0.15, 0.2) is 60.7 Å². The lowest BCUT2D eigenvalue weighted by Gasteiger charge is -2.31. The van der Waals surface area contributed by atoms with Crippen molar-refractivity contribution in [3.05, 3.63) is 83.0 Å². The Labute approximate surface area is 169 Å². The summed E-state index contributed by atoms with van der Waals surface area (Å²) in [6.07, 6.45) is 0.786. The van der Waals surface area contributed by atoms with Gasteiger partial charge in [-0.15, -0.1) is 0 Å². The van der Waals surface area contributed by atoms with Crippen LogP contribution in [0.5, 0.6) is 0 Å². The second-order valence-electron chi connectivity index (χ2n) is 7.01. The zero-order chi connectivity index (χ0) is 20.2. The van der Waals surface area contributed by atoms with Gasteiger partial charge in [-0.05, 0) is 54.3 Å². The largest absolute Gasteiger partial charge is 0.352 e. The summed E-state index contributed by atoms with van der Waals surface area (Å²) in [5.41, 5.74) is 5.20. The van der Waals surface area contributed by atoms with Gasteiger partial charge in [0.1, 0.15) is 17.6 Å². The maximum atomic E-state index is 12.4. The molecule has 0 saturated heterocycles. The van der Waals surface area contributed by atoms with Gasteiger partial charge < -0.3 is 15.5 Å². The van der Waals surface area contributed by atoms with Crippen molar-refractivity contribution >= 4 is 23.2 Å². The average molecular weight is 383 g/mol. The van der Waals surface area contributed by atoms with E-state index in [-0.39, 0.29) is 6.03 Å². The second kappa shape index (κ2) is 8.03. The van der Waals surface area contributed by atoms with Crippen LogP contribution in [0.4, 0.5) is 22.0 Å². The first kappa shape index (κ1) is 18.5. The standard InChI is InChI=1S/C23H21N5O/c1-16-10-11-22(26-21(16)14-24)28-13-12-19-17(15-28)6-5-9-20(19)27-23(29)25-18-7-3-2-4-8-18/h2-11H,12-13,15H2,1H3,(H2,25,27,29). The Kier molecular flexibility index (Phi) is 5.12. The number of urea groups is 1. The fourth-order valence-corrected chi connectivity index (χ4v) is 3.54. The number of hydrogen-bond donors (Lipinski definition) is 2. The lowest BCUT2D eigenvalue weighted by atomic mass is 9.97. The van der Waals surface area contributed by atoms with Gasteiger partial charge in [-0.2, -0.15) is 5.26 Å². The molecule has 2 heterocycles. The van der Waals surface area contributed by atoms with Crippen molar-refractivity contribution in [2.45, 2.75) is 19.9 Å².